The summed E-state index contributed by atoms with van der Waals surface area (Å²) in [4.78, 5) is 15.3. The molecule has 0 spiro atoms. The fourth-order valence-corrected chi connectivity index (χ4v) is 5.71. The SMILES string of the molecule is Cc1c(NC(=O)C2CCC(NS(=O)(=O)C(C)C)CC2)ccc(N2CC(C)OC(C)C2)c1C. The first-order valence-electron chi connectivity index (χ1n) is 11.8. The monoisotopic (exact) mass is 465 g/mol. The molecule has 1 aromatic rings. The number of nitrogens with zero attached hydrogens (tertiary/aromatic N) is 1. The molecule has 32 heavy (non-hydrogen) atoms. The lowest BCUT2D eigenvalue weighted by atomic mass is 9.86. The van der Waals surface area contributed by atoms with Gasteiger partial charge in [-0.2, -0.15) is 0 Å². The van der Waals surface area contributed by atoms with Crippen LogP contribution in [-0.4, -0.2) is 50.9 Å². The van der Waals surface area contributed by atoms with E-state index in [4.69, 9.17) is 4.74 Å². The summed E-state index contributed by atoms with van der Waals surface area (Å²) >= 11 is 0. The fourth-order valence-electron chi connectivity index (χ4n) is 4.74. The molecule has 8 heteroatoms. The largest absolute Gasteiger partial charge is 0.372 e. The van der Waals surface area contributed by atoms with E-state index in [2.05, 4.69) is 48.7 Å². The molecule has 1 aromatic carbocycles. The van der Waals surface area contributed by atoms with Gasteiger partial charge in [-0.25, -0.2) is 13.1 Å². The number of hydrogen-bond donors (Lipinski definition) is 2. The summed E-state index contributed by atoms with van der Waals surface area (Å²) in [7, 11) is -3.28. The fraction of sp³-hybridized carbons (Fsp3) is 0.708. The lowest BCUT2D eigenvalue weighted by Gasteiger charge is -2.38. The van der Waals surface area contributed by atoms with Crippen molar-refractivity contribution in [3.8, 4) is 0 Å². The van der Waals surface area contributed by atoms with Gasteiger partial charge < -0.3 is 15.0 Å². The first-order valence-corrected chi connectivity index (χ1v) is 13.3. The van der Waals surface area contributed by atoms with Gasteiger partial charge in [-0.05, 0) is 90.5 Å². The van der Waals surface area contributed by atoms with E-state index >= 15 is 0 Å². The Kier molecular flexibility index (Phi) is 7.89. The Balaban J connectivity index is 1.61. The standard InChI is InChI=1S/C24H39N3O4S/c1-15(2)32(29,30)26-21-9-7-20(8-10-21)24(28)25-22-11-12-23(19(6)18(22)5)27-13-16(3)31-17(4)14-27/h11-12,15-17,20-21,26H,7-10,13-14H2,1-6H3,(H,25,28). The number of hydrogen-bond acceptors (Lipinski definition) is 5. The van der Waals surface area contributed by atoms with E-state index in [9.17, 15) is 13.2 Å². The van der Waals surface area contributed by atoms with Gasteiger partial charge in [0.2, 0.25) is 15.9 Å². The highest BCUT2D eigenvalue weighted by molar-refractivity contribution is 7.90. The highest BCUT2D eigenvalue weighted by Gasteiger charge is 2.30. The van der Waals surface area contributed by atoms with Crippen molar-refractivity contribution in [2.75, 3.05) is 23.3 Å². The molecular weight excluding hydrogens is 426 g/mol. The molecule has 3 rings (SSSR count). The van der Waals surface area contributed by atoms with Gasteiger partial charge in [0.05, 0.1) is 17.5 Å². The molecule has 1 saturated heterocycles. The number of nitrogens with one attached hydrogen (secondary N) is 2. The van der Waals surface area contributed by atoms with Crippen LogP contribution < -0.4 is 14.9 Å². The lowest BCUT2D eigenvalue weighted by molar-refractivity contribution is -0.120. The van der Waals surface area contributed by atoms with E-state index in [1.807, 2.05) is 6.07 Å². The van der Waals surface area contributed by atoms with Crippen LogP contribution in [0.5, 0.6) is 0 Å². The maximum Gasteiger partial charge on any atom is 0.227 e. The first-order chi connectivity index (χ1) is 15.0. The molecule has 1 amide bonds. The second kappa shape index (κ2) is 10.1. The highest BCUT2D eigenvalue weighted by atomic mass is 32.2. The van der Waals surface area contributed by atoms with Crippen LogP contribution >= 0.6 is 0 Å². The second-order valence-electron chi connectivity index (χ2n) is 9.79. The van der Waals surface area contributed by atoms with Crippen molar-refractivity contribution >= 4 is 27.3 Å². The van der Waals surface area contributed by atoms with Crippen molar-refractivity contribution in [3.05, 3.63) is 23.3 Å². The highest BCUT2D eigenvalue weighted by Crippen LogP contribution is 2.32. The minimum Gasteiger partial charge on any atom is -0.372 e. The molecule has 2 fully saturated rings. The van der Waals surface area contributed by atoms with Gasteiger partial charge in [0.1, 0.15) is 0 Å². The Bertz CT molecular complexity index is 913. The third-order valence-electron chi connectivity index (χ3n) is 6.83. The third kappa shape index (κ3) is 5.83. The summed E-state index contributed by atoms with van der Waals surface area (Å²) in [5.74, 6) is -0.0610. The number of sulfonamides is 1. The number of carbonyl (C=O) groups excluding carboxylic acids is 1. The number of ether oxygens (including phenoxy) is 1. The van der Waals surface area contributed by atoms with Crippen LogP contribution in [0.3, 0.4) is 0 Å². The predicted octanol–water partition coefficient (Wildman–Crippen LogP) is 3.74. The van der Waals surface area contributed by atoms with Gasteiger partial charge >= 0.3 is 0 Å². The molecule has 0 radical (unpaired) electrons. The van der Waals surface area contributed by atoms with Crippen molar-refractivity contribution in [3.63, 3.8) is 0 Å². The molecule has 2 N–H and O–H groups in total. The van der Waals surface area contributed by atoms with Crippen LogP contribution in [-0.2, 0) is 19.6 Å². The van der Waals surface area contributed by atoms with Crippen molar-refractivity contribution in [2.24, 2.45) is 5.92 Å². The Hall–Kier alpha value is -1.64. The number of amides is 1. The van der Waals surface area contributed by atoms with Gasteiger partial charge in [0.15, 0.2) is 0 Å². The molecular formula is C24H39N3O4S. The molecule has 7 nitrogen and oxygen atoms in total. The predicted molar refractivity (Wildman–Crippen MR) is 130 cm³/mol. The molecule has 1 heterocycles. The van der Waals surface area contributed by atoms with Gasteiger partial charge in [0, 0.05) is 36.4 Å². The minimum atomic E-state index is -3.28. The first kappa shape index (κ1) is 25.0. The van der Waals surface area contributed by atoms with E-state index in [0.29, 0.717) is 25.7 Å². The second-order valence-corrected chi connectivity index (χ2v) is 12.1. The summed E-state index contributed by atoms with van der Waals surface area (Å²) in [6, 6.07) is 4.02. The van der Waals surface area contributed by atoms with Crippen molar-refractivity contribution in [2.45, 2.75) is 90.7 Å². The molecule has 1 saturated carbocycles. The summed E-state index contributed by atoms with van der Waals surface area (Å²) in [5.41, 5.74) is 4.31. The lowest BCUT2D eigenvalue weighted by Crippen LogP contribution is -2.45. The van der Waals surface area contributed by atoms with E-state index in [-0.39, 0.29) is 30.1 Å². The van der Waals surface area contributed by atoms with Crippen molar-refractivity contribution in [1.29, 1.82) is 0 Å². The number of anilines is 2. The molecule has 1 aliphatic heterocycles. The maximum absolute atomic E-state index is 12.9. The molecule has 0 bridgehead atoms. The van der Waals surface area contributed by atoms with Crippen molar-refractivity contribution in [1.82, 2.24) is 4.72 Å². The van der Waals surface area contributed by atoms with E-state index in [1.54, 1.807) is 13.8 Å². The molecule has 2 atom stereocenters. The molecule has 0 aromatic heterocycles. The third-order valence-corrected chi connectivity index (χ3v) is 8.73. The molecule has 2 aliphatic rings. The smallest absolute Gasteiger partial charge is 0.227 e. The van der Waals surface area contributed by atoms with Crippen LogP contribution in [0.1, 0.15) is 64.5 Å². The number of benzene rings is 1. The Morgan fingerprint density at radius 1 is 1.03 bits per heavy atom. The van der Waals surface area contributed by atoms with E-state index in [0.717, 1.165) is 24.3 Å². The van der Waals surface area contributed by atoms with Crippen LogP contribution in [0.15, 0.2) is 12.1 Å². The summed E-state index contributed by atoms with van der Waals surface area (Å²) in [6.45, 7) is 13.4. The average Bonchev–Trinajstić information content (AvgIpc) is 2.71. The zero-order chi connectivity index (χ0) is 23.6. The van der Waals surface area contributed by atoms with Crippen LogP contribution in [0.2, 0.25) is 0 Å². The summed E-state index contributed by atoms with van der Waals surface area (Å²) in [6.07, 6.45) is 3.15. The Morgan fingerprint density at radius 3 is 2.19 bits per heavy atom. The van der Waals surface area contributed by atoms with Gasteiger partial charge in [-0.1, -0.05) is 0 Å². The van der Waals surface area contributed by atoms with Gasteiger partial charge in [-0.3, -0.25) is 4.79 Å². The number of carbonyl (C=O) groups is 1. The Labute approximate surface area is 193 Å². The zero-order valence-electron chi connectivity index (χ0n) is 20.3. The quantitative estimate of drug-likeness (QED) is 0.668. The topological polar surface area (TPSA) is 87.7 Å². The van der Waals surface area contributed by atoms with Crippen LogP contribution in [0.25, 0.3) is 0 Å². The van der Waals surface area contributed by atoms with Gasteiger partial charge in [-0.15, -0.1) is 0 Å². The summed E-state index contributed by atoms with van der Waals surface area (Å²) < 4.78 is 32.9. The minimum absolute atomic E-state index is 0.0269. The maximum atomic E-state index is 12.9. The number of morpholine rings is 1. The summed E-state index contributed by atoms with van der Waals surface area (Å²) in [5, 5.41) is 2.69. The van der Waals surface area contributed by atoms with E-state index < -0.39 is 15.3 Å². The van der Waals surface area contributed by atoms with Gasteiger partial charge in [0.25, 0.3) is 0 Å². The normalized spacial score (nSPS) is 26.9. The molecule has 2 unspecified atom stereocenters. The molecule has 1 aliphatic carbocycles. The number of rotatable bonds is 6. The van der Waals surface area contributed by atoms with Crippen LogP contribution in [0, 0.1) is 19.8 Å². The van der Waals surface area contributed by atoms with Crippen LogP contribution in [0.4, 0.5) is 11.4 Å². The average molecular weight is 466 g/mol. The molecule has 180 valence electrons. The Morgan fingerprint density at radius 2 is 1.62 bits per heavy atom. The van der Waals surface area contributed by atoms with E-state index in [1.165, 1.54) is 11.3 Å². The zero-order valence-corrected chi connectivity index (χ0v) is 21.1. The van der Waals surface area contributed by atoms with Crippen molar-refractivity contribution < 1.29 is 17.9 Å².